The highest BCUT2D eigenvalue weighted by molar-refractivity contribution is 7.92. The van der Waals surface area contributed by atoms with Crippen LogP contribution in [0.2, 0.25) is 0 Å². The molecule has 2 aromatic rings. The van der Waals surface area contributed by atoms with Crippen LogP contribution in [0.5, 0.6) is 0 Å². The first-order chi connectivity index (χ1) is 14.1. The zero-order valence-corrected chi connectivity index (χ0v) is 17.9. The number of carbonyl (C=O) groups is 2. The van der Waals surface area contributed by atoms with Crippen molar-refractivity contribution in [3.63, 3.8) is 0 Å². The van der Waals surface area contributed by atoms with Crippen LogP contribution in [0.3, 0.4) is 0 Å². The number of nitrogens with zero attached hydrogens (tertiary/aromatic N) is 1. The maximum absolute atomic E-state index is 13.8. The van der Waals surface area contributed by atoms with Crippen molar-refractivity contribution in [2.24, 2.45) is 5.92 Å². The van der Waals surface area contributed by atoms with Crippen molar-refractivity contribution >= 4 is 27.6 Å². The highest BCUT2D eigenvalue weighted by atomic mass is 32.2. The lowest BCUT2D eigenvalue weighted by Gasteiger charge is -2.24. The average molecular weight is 437 g/mol. The highest BCUT2D eigenvalue weighted by Crippen LogP contribution is 2.20. The Morgan fingerprint density at radius 1 is 1.13 bits per heavy atom. The van der Waals surface area contributed by atoms with E-state index in [0.29, 0.717) is 6.54 Å². The summed E-state index contributed by atoms with van der Waals surface area (Å²) in [7, 11) is -2.83. The predicted molar refractivity (Wildman–Crippen MR) is 111 cm³/mol. The van der Waals surface area contributed by atoms with E-state index >= 15 is 0 Å². The molecule has 1 amide bonds. The number of hydrogen-bond acceptors (Lipinski definition) is 5. The Kier molecular flexibility index (Phi) is 7.93. The summed E-state index contributed by atoms with van der Waals surface area (Å²) in [6, 6.07) is 10.9. The number of sulfonamides is 1. The third kappa shape index (κ3) is 6.28. The van der Waals surface area contributed by atoms with Crippen molar-refractivity contribution in [2.45, 2.75) is 25.2 Å². The summed E-state index contributed by atoms with van der Waals surface area (Å²) in [4.78, 5) is 25.8. The van der Waals surface area contributed by atoms with Crippen LogP contribution < -0.4 is 4.72 Å². The van der Waals surface area contributed by atoms with Crippen molar-refractivity contribution in [1.29, 1.82) is 0 Å². The Labute approximate surface area is 175 Å². The van der Waals surface area contributed by atoms with E-state index in [9.17, 15) is 22.4 Å². The van der Waals surface area contributed by atoms with Gasteiger partial charge in [0, 0.05) is 18.7 Å². The summed E-state index contributed by atoms with van der Waals surface area (Å²) in [5, 5.41) is 0. The standard InChI is InChI=1S/C21H25FN2O5S/c1-15(2)14-24(12-11-20(25)29-3)21(26)16-7-6-8-17(13-16)30(27,28)23-19-10-5-4-9-18(19)22/h4-10,13,15,23H,11-12,14H2,1-3H3. The lowest BCUT2D eigenvalue weighted by molar-refractivity contribution is -0.140. The molecule has 0 saturated heterocycles. The number of benzene rings is 2. The average Bonchev–Trinajstić information content (AvgIpc) is 2.71. The molecule has 0 unspecified atom stereocenters. The van der Waals surface area contributed by atoms with Gasteiger partial charge in [-0.2, -0.15) is 0 Å². The van der Waals surface area contributed by atoms with Gasteiger partial charge in [0.15, 0.2) is 0 Å². The van der Waals surface area contributed by atoms with Crippen molar-refractivity contribution in [2.75, 3.05) is 24.9 Å². The molecule has 0 aliphatic carbocycles. The molecule has 0 heterocycles. The van der Waals surface area contributed by atoms with Crippen LogP contribution in [0.4, 0.5) is 10.1 Å². The van der Waals surface area contributed by atoms with Gasteiger partial charge in [0.1, 0.15) is 5.82 Å². The molecule has 9 heteroatoms. The lowest BCUT2D eigenvalue weighted by atomic mass is 10.1. The second-order valence-electron chi connectivity index (χ2n) is 7.08. The molecule has 0 aliphatic heterocycles. The van der Waals surface area contributed by atoms with Gasteiger partial charge in [-0.3, -0.25) is 14.3 Å². The van der Waals surface area contributed by atoms with Crippen LogP contribution in [0.1, 0.15) is 30.6 Å². The largest absolute Gasteiger partial charge is 0.469 e. The van der Waals surface area contributed by atoms with E-state index < -0.39 is 27.7 Å². The molecule has 162 valence electrons. The Morgan fingerprint density at radius 3 is 2.47 bits per heavy atom. The first-order valence-corrected chi connectivity index (χ1v) is 10.9. The number of halogens is 1. The maximum Gasteiger partial charge on any atom is 0.307 e. The molecular formula is C21H25FN2O5S. The SMILES string of the molecule is COC(=O)CCN(CC(C)C)C(=O)c1cccc(S(=O)(=O)Nc2ccccc2F)c1. The van der Waals surface area contributed by atoms with Crippen LogP contribution in [0, 0.1) is 11.7 Å². The number of esters is 1. The molecule has 2 aromatic carbocycles. The smallest absolute Gasteiger partial charge is 0.307 e. The molecule has 0 atom stereocenters. The van der Waals surface area contributed by atoms with E-state index in [0.717, 1.165) is 6.07 Å². The summed E-state index contributed by atoms with van der Waals surface area (Å²) in [6.45, 7) is 4.39. The third-order valence-corrected chi connectivity index (χ3v) is 5.56. The van der Waals surface area contributed by atoms with Gasteiger partial charge >= 0.3 is 5.97 Å². The summed E-state index contributed by atoms with van der Waals surface area (Å²) >= 11 is 0. The fourth-order valence-electron chi connectivity index (χ4n) is 2.77. The number of ether oxygens (including phenoxy) is 1. The number of amides is 1. The minimum Gasteiger partial charge on any atom is -0.469 e. The first-order valence-electron chi connectivity index (χ1n) is 9.37. The second kappa shape index (κ2) is 10.2. The third-order valence-electron chi connectivity index (χ3n) is 4.20. The van der Waals surface area contributed by atoms with Gasteiger partial charge < -0.3 is 9.64 Å². The number of methoxy groups -OCH3 is 1. The summed E-state index contributed by atoms with van der Waals surface area (Å²) in [6.07, 6.45) is 0.0296. The van der Waals surface area contributed by atoms with E-state index in [1.165, 1.54) is 54.5 Å². The minimum atomic E-state index is -4.11. The van der Waals surface area contributed by atoms with Crippen LogP contribution in [-0.2, 0) is 19.6 Å². The van der Waals surface area contributed by atoms with Gasteiger partial charge in [0.25, 0.3) is 15.9 Å². The van der Waals surface area contributed by atoms with E-state index in [4.69, 9.17) is 0 Å². The number of hydrogen-bond donors (Lipinski definition) is 1. The molecule has 30 heavy (non-hydrogen) atoms. The Hall–Kier alpha value is -2.94. The van der Waals surface area contributed by atoms with Crippen LogP contribution in [0.15, 0.2) is 53.4 Å². The van der Waals surface area contributed by atoms with Crippen molar-refractivity contribution in [3.8, 4) is 0 Å². The topological polar surface area (TPSA) is 92.8 Å². The molecule has 0 fully saturated rings. The van der Waals surface area contributed by atoms with Gasteiger partial charge in [-0.25, -0.2) is 12.8 Å². The predicted octanol–water partition coefficient (Wildman–Crippen LogP) is 3.29. The van der Waals surface area contributed by atoms with Crippen LogP contribution in [-0.4, -0.2) is 45.4 Å². The van der Waals surface area contributed by atoms with E-state index in [1.54, 1.807) is 0 Å². The number of anilines is 1. The van der Waals surface area contributed by atoms with Gasteiger partial charge in [-0.05, 0) is 36.2 Å². The van der Waals surface area contributed by atoms with Crippen molar-refractivity contribution < 1.29 is 27.1 Å². The maximum atomic E-state index is 13.8. The van der Waals surface area contributed by atoms with Gasteiger partial charge in [0.2, 0.25) is 0 Å². The Morgan fingerprint density at radius 2 is 1.83 bits per heavy atom. The van der Waals surface area contributed by atoms with Crippen molar-refractivity contribution in [3.05, 3.63) is 59.9 Å². The number of para-hydroxylation sites is 1. The summed E-state index contributed by atoms with van der Waals surface area (Å²) in [5.74, 6) is -1.42. The van der Waals surface area contributed by atoms with Gasteiger partial charge in [-0.15, -0.1) is 0 Å². The quantitative estimate of drug-likeness (QED) is 0.609. The highest BCUT2D eigenvalue weighted by Gasteiger charge is 2.22. The molecule has 7 nitrogen and oxygen atoms in total. The summed E-state index contributed by atoms with van der Waals surface area (Å²) < 4.78 is 46.0. The van der Waals surface area contributed by atoms with Gasteiger partial charge in [-0.1, -0.05) is 32.0 Å². The Balaban J connectivity index is 2.27. The molecule has 0 bridgehead atoms. The van der Waals surface area contributed by atoms with Crippen LogP contribution in [0.25, 0.3) is 0 Å². The first kappa shape index (κ1) is 23.3. The van der Waals surface area contributed by atoms with E-state index in [1.807, 2.05) is 13.8 Å². The molecule has 0 aromatic heterocycles. The van der Waals surface area contributed by atoms with Gasteiger partial charge in [0.05, 0.1) is 24.1 Å². The molecule has 0 aliphatic rings. The summed E-state index contributed by atoms with van der Waals surface area (Å²) in [5.41, 5.74) is -0.0364. The Bertz CT molecular complexity index is 1010. The molecule has 0 saturated carbocycles. The fourth-order valence-corrected chi connectivity index (χ4v) is 3.88. The lowest BCUT2D eigenvalue weighted by Crippen LogP contribution is -2.36. The fraction of sp³-hybridized carbons (Fsp3) is 0.333. The van der Waals surface area contributed by atoms with Crippen molar-refractivity contribution in [1.82, 2.24) is 4.90 Å². The molecule has 2 rings (SSSR count). The number of nitrogens with one attached hydrogen (secondary N) is 1. The number of rotatable bonds is 9. The van der Waals surface area contributed by atoms with E-state index in [-0.39, 0.29) is 35.0 Å². The van der Waals surface area contributed by atoms with E-state index in [2.05, 4.69) is 9.46 Å². The zero-order chi connectivity index (χ0) is 22.3. The second-order valence-corrected chi connectivity index (χ2v) is 8.77. The van der Waals surface area contributed by atoms with Crippen LogP contribution >= 0.6 is 0 Å². The normalized spacial score (nSPS) is 11.2. The zero-order valence-electron chi connectivity index (χ0n) is 17.1. The minimum absolute atomic E-state index is 0.0296. The molecule has 1 N–H and O–H groups in total. The molecule has 0 radical (unpaired) electrons. The monoisotopic (exact) mass is 436 g/mol. The molecular weight excluding hydrogens is 411 g/mol. The number of carbonyl (C=O) groups excluding carboxylic acids is 2. The molecule has 0 spiro atoms.